The van der Waals surface area contributed by atoms with Crippen LogP contribution < -0.4 is 10.7 Å². The van der Waals surface area contributed by atoms with Gasteiger partial charge in [-0.1, -0.05) is 18.0 Å². The van der Waals surface area contributed by atoms with Gasteiger partial charge < -0.3 is 5.32 Å². The fourth-order valence-corrected chi connectivity index (χ4v) is 4.47. The molecule has 0 spiro atoms. The van der Waals surface area contributed by atoms with Gasteiger partial charge in [0, 0.05) is 21.2 Å². The first kappa shape index (κ1) is 19.6. The van der Waals surface area contributed by atoms with Crippen LogP contribution in [0.15, 0.2) is 29.4 Å². The second-order valence-corrected chi connectivity index (χ2v) is 8.27. The Labute approximate surface area is 167 Å². The molecule has 0 radical (unpaired) electrons. The average molecular weight is 404 g/mol. The Morgan fingerprint density at radius 3 is 2.44 bits per heavy atom. The molecule has 2 aromatic rings. The number of rotatable bonds is 4. The first-order valence-corrected chi connectivity index (χ1v) is 10.2. The summed E-state index contributed by atoms with van der Waals surface area (Å²) in [6.45, 7) is 3.63. The van der Waals surface area contributed by atoms with Gasteiger partial charge in [0.25, 0.3) is 11.8 Å². The average Bonchev–Trinajstić information content (AvgIpc) is 2.81. The van der Waals surface area contributed by atoms with E-state index in [1.165, 1.54) is 16.2 Å². The normalized spacial score (nSPS) is 13.3. The van der Waals surface area contributed by atoms with Crippen molar-refractivity contribution in [2.24, 2.45) is 5.10 Å². The minimum absolute atomic E-state index is 0.257. The molecular formula is C20H22ClN3O2S. The predicted molar refractivity (Wildman–Crippen MR) is 111 cm³/mol. The molecular weight excluding hydrogens is 382 g/mol. The van der Waals surface area contributed by atoms with Gasteiger partial charge in [-0.15, -0.1) is 11.3 Å². The molecule has 142 valence electrons. The molecule has 1 aromatic heterocycles. The number of nitrogens with zero attached hydrogens (tertiary/aromatic N) is 1. The van der Waals surface area contributed by atoms with Gasteiger partial charge in [-0.2, -0.15) is 5.10 Å². The zero-order valence-corrected chi connectivity index (χ0v) is 17.0. The molecule has 2 amide bonds. The van der Waals surface area contributed by atoms with Crippen molar-refractivity contribution in [2.45, 2.75) is 46.0 Å². The van der Waals surface area contributed by atoms with E-state index in [4.69, 9.17) is 11.6 Å². The van der Waals surface area contributed by atoms with Gasteiger partial charge in [-0.05, 0) is 69.4 Å². The summed E-state index contributed by atoms with van der Waals surface area (Å²) in [4.78, 5) is 26.6. The van der Waals surface area contributed by atoms with E-state index >= 15 is 0 Å². The third kappa shape index (κ3) is 4.76. The number of carbonyl (C=O) groups excluding carboxylic acids is 2. The summed E-state index contributed by atoms with van der Waals surface area (Å²) < 4.78 is 0. The third-order valence-electron chi connectivity index (χ3n) is 4.36. The Bertz CT molecular complexity index is 883. The van der Waals surface area contributed by atoms with Crippen LogP contribution in [0.1, 0.15) is 64.3 Å². The number of hydrazone groups is 1. The summed E-state index contributed by atoms with van der Waals surface area (Å²) in [6.07, 6.45) is 5.09. The number of anilines is 1. The minimum Gasteiger partial charge on any atom is -0.313 e. The molecule has 27 heavy (non-hydrogen) atoms. The lowest BCUT2D eigenvalue weighted by Gasteiger charge is -2.08. The van der Waals surface area contributed by atoms with Crippen LogP contribution in [0.5, 0.6) is 0 Å². The quantitative estimate of drug-likeness (QED) is 0.426. The van der Waals surface area contributed by atoms with Gasteiger partial charge in [-0.3, -0.25) is 9.59 Å². The van der Waals surface area contributed by atoms with Gasteiger partial charge in [0.2, 0.25) is 0 Å². The van der Waals surface area contributed by atoms with Crippen LogP contribution in [0.2, 0.25) is 5.02 Å². The number of thiophene rings is 1. The highest BCUT2D eigenvalue weighted by molar-refractivity contribution is 7.17. The largest absolute Gasteiger partial charge is 0.313 e. The highest BCUT2D eigenvalue weighted by Gasteiger charge is 2.26. The van der Waals surface area contributed by atoms with Gasteiger partial charge in [0.1, 0.15) is 5.00 Å². The van der Waals surface area contributed by atoms with Crippen molar-refractivity contribution in [3.63, 3.8) is 0 Å². The van der Waals surface area contributed by atoms with Crippen LogP contribution >= 0.6 is 22.9 Å². The zero-order chi connectivity index (χ0) is 19.4. The van der Waals surface area contributed by atoms with Crippen molar-refractivity contribution in [1.29, 1.82) is 0 Å². The van der Waals surface area contributed by atoms with Crippen molar-refractivity contribution in [3.05, 3.63) is 50.9 Å². The Balaban J connectivity index is 1.93. The molecule has 0 unspecified atom stereocenters. The maximum Gasteiger partial charge on any atom is 0.274 e. The highest BCUT2D eigenvalue weighted by atomic mass is 35.5. The van der Waals surface area contributed by atoms with Crippen molar-refractivity contribution in [1.82, 2.24) is 5.43 Å². The SMILES string of the molecule is CC(C)=NNC(=O)c1c(NC(=O)c2ccc(Cl)cc2)sc2c1CCCCC2. The summed E-state index contributed by atoms with van der Waals surface area (Å²) >= 11 is 7.39. The number of aryl methyl sites for hydroxylation is 1. The lowest BCUT2D eigenvalue weighted by Crippen LogP contribution is -2.22. The molecule has 0 saturated heterocycles. The summed E-state index contributed by atoms with van der Waals surface area (Å²) in [7, 11) is 0. The molecule has 1 heterocycles. The summed E-state index contributed by atoms with van der Waals surface area (Å²) in [5.74, 6) is -0.533. The Morgan fingerprint density at radius 1 is 1.04 bits per heavy atom. The van der Waals surface area contributed by atoms with Gasteiger partial charge in [-0.25, -0.2) is 5.43 Å². The Kier molecular flexibility index (Phi) is 6.29. The molecule has 1 aliphatic carbocycles. The van der Waals surface area contributed by atoms with Gasteiger partial charge in [0.15, 0.2) is 0 Å². The molecule has 1 aliphatic rings. The molecule has 2 N–H and O–H groups in total. The van der Waals surface area contributed by atoms with Crippen molar-refractivity contribution < 1.29 is 9.59 Å². The zero-order valence-electron chi connectivity index (χ0n) is 15.4. The van der Waals surface area contributed by atoms with E-state index in [0.29, 0.717) is 21.2 Å². The number of fused-ring (bicyclic) bond motifs is 1. The first-order chi connectivity index (χ1) is 13.0. The molecule has 0 bridgehead atoms. The molecule has 3 rings (SSSR count). The fraction of sp³-hybridized carbons (Fsp3) is 0.350. The van der Waals surface area contributed by atoms with E-state index < -0.39 is 0 Å². The second kappa shape index (κ2) is 8.67. The van der Waals surface area contributed by atoms with Crippen molar-refractivity contribution >= 4 is 45.5 Å². The standard InChI is InChI=1S/C20H22ClN3O2S/c1-12(2)23-24-19(26)17-15-6-4-3-5-7-16(15)27-20(17)22-18(25)13-8-10-14(21)11-9-13/h8-11H,3-7H2,1-2H3,(H,22,25)(H,24,26). The Morgan fingerprint density at radius 2 is 1.74 bits per heavy atom. The maximum atomic E-state index is 12.8. The molecule has 5 nitrogen and oxygen atoms in total. The monoisotopic (exact) mass is 403 g/mol. The summed E-state index contributed by atoms with van der Waals surface area (Å²) in [5, 5.41) is 8.11. The molecule has 0 atom stereocenters. The smallest absolute Gasteiger partial charge is 0.274 e. The number of amides is 2. The lowest BCUT2D eigenvalue weighted by atomic mass is 10.0. The van der Waals surface area contributed by atoms with Crippen molar-refractivity contribution in [2.75, 3.05) is 5.32 Å². The number of nitrogens with one attached hydrogen (secondary N) is 2. The van der Waals surface area contributed by atoms with Crippen molar-refractivity contribution in [3.8, 4) is 0 Å². The van der Waals surface area contributed by atoms with E-state index in [-0.39, 0.29) is 11.8 Å². The number of hydrogen-bond acceptors (Lipinski definition) is 4. The van der Waals surface area contributed by atoms with Gasteiger partial charge >= 0.3 is 0 Å². The Hall–Kier alpha value is -2.18. The number of halogens is 1. The number of carbonyl (C=O) groups is 2. The van der Waals surface area contributed by atoms with Crippen LogP contribution in [0.25, 0.3) is 0 Å². The fourth-order valence-electron chi connectivity index (χ4n) is 3.07. The van der Waals surface area contributed by atoms with E-state index in [2.05, 4.69) is 15.8 Å². The van der Waals surface area contributed by atoms with Crippen LogP contribution in [0.3, 0.4) is 0 Å². The molecule has 1 aromatic carbocycles. The summed E-state index contributed by atoms with van der Waals surface area (Å²) in [6, 6.07) is 6.68. The van der Waals surface area contributed by atoms with E-state index in [0.717, 1.165) is 43.4 Å². The predicted octanol–water partition coefficient (Wildman–Crippen LogP) is 5.05. The first-order valence-electron chi connectivity index (χ1n) is 8.98. The number of benzene rings is 1. The molecule has 7 heteroatoms. The topological polar surface area (TPSA) is 70.6 Å². The van der Waals surface area contributed by atoms with E-state index in [9.17, 15) is 9.59 Å². The van der Waals surface area contributed by atoms with Crippen LogP contribution in [-0.4, -0.2) is 17.5 Å². The third-order valence-corrected chi connectivity index (χ3v) is 5.82. The second-order valence-electron chi connectivity index (χ2n) is 6.73. The molecule has 0 fully saturated rings. The van der Waals surface area contributed by atoms with Crippen LogP contribution in [0.4, 0.5) is 5.00 Å². The maximum absolute atomic E-state index is 12.8. The van der Waals surface area contributed by atoms with Crippen LogP contribution in [-0.2, 0) is 12.8 Å². The highest BCUT2D eigenvalue weighted by Crippen LogP contribution is 2.37. The van der Waals surface area contributed by atoms with Crippen LogP contribution in [0, 0.1) is 0 Å². The lowest BCUT2D eigenvalue weighted by molar-refractivity contribution is 0.0955. The molecule has 0 aliphatic heterocycles. The van der Waals surface area contributed by atoms with E-state index in [1.54, 1.807) is 24.3 Å². The molecule has 0 saturated carbocycles. The summed E-state index contributed by atoms with van der Waals surface area (Å²) in [5.41, 5.74) is 5.45. The minimum atomic E-state index is -0.276. The number of hydrogen-bond donors (Lipinski definition) is 2. The van der Waals surface area contributed by atoms with E-state index in [1.807, 2.05) is 13.8 Å². The van der Waals surface area contributed by atoms with Gasteiger partial charge in [0.05, 0.1) is 5.56 Å².